The molecule has 1 fully saturated rings. The summed E-state index contributed by atoms with van der Waals surface area (Å²) in [6.45, 7) is 4.04. The minimum absolute atomic E-state index is 0.0274. The van der Waals surface area contributed by atoms with E-state index in [1.807, 2.05) is 25.1 Å². The summed E-state index contributed by atoms with van der Waals surface area (Å²) in [5.41, 5.74) is 1.21. The van der Waals surface area contributed by atoms with Crippen LogP contribution >= 0.6 is 0 Å². The second-order valence-corrected chi connectivity index (χ2v) is 7.43. The van der Waals surface area contributed by atoms with Gasteiger partial charge in [-0.3, -0.25) is 4.21 Å². The molecule has 1 aromatic carbocycles. The molecule has 1 aliphatic rings. The van der Waals surface area contributed by atoms with Crippen LogP contribution in [-0.4, -0.2) is 59.0 Å². The van der Waals surface area contributed by atoms with Crippen LogP contribution < -0.4 is 5.32 Å². The van der Waals surface area contributed by atoms with E-state index in [0.717, 1.165) is 6.42 Å². The van der Waals surface area contributed by atoms with E-state index in [2.05, 4.69) is 17.4 Å². The van der Waals surface area contributed by atoms with Crippen molar-refractivity contribution in [1.29, 1.82) is 0 Å². The Bertz CT molecular complexity index is 509. The Morgan fingerprint density at radius 3 is 2.86 bits per heavy atom. The van der Waals surface area contributed by atoms with Crippen LogP contribution in [-0.2, 0) is 22.0 Å². The Balaban J connectivity index is 1.82. The molecule has 6 heteroatoms. The Labute approximate surface area is 134 Å². The maximum absolute atomic E-state index is 12.2. The van der Waals surface area contributed by atoms with Crippen LogP contribution in [0.2, 0.25) is 0 Å². The highest BCUT2D eigenvalue weighted by atomic mass is 32.2. The quantitative estimate of drug-likeness (QED) is 0.891. The largest absolute Gasteiger partial charge is 0.374 e. The van der Waals surface area contributed by atoms with Crippen molar-refractivity contribution in [3.63, 3.8) is 0 Å². The minimum atomic E-state index is -0.923. The topological polar surface area (TPSA) is 58.6 Å². The first-order valence-electron chi connectivity index (χ1n) is 7.57. The number of nitrogens with zero attached hydrogens (tertiary/aromatic N) is 1. The number of urea groups is 1. The number of ether oxygens (including phenoxy) is 1. The second-order valence-electron chi connectivity index (χ2n) is 5.62. The Kier molecular flexibility index (Phi) is 6.39. The lowest BCUT2D eigenvalue weighted by Gasteiger charge is -2.33. The molecule has 1 aromatic rings. The summed E-state index contributed by atoms with van der Waals surface area (Å²) in [5, 5.41) is 2.82. The van der Waals surface area contributed by atoms with E-state index in [1.165, 1.54) is 5.56 Å². The highest BCUT2D eigenvalue weighted by Crippen LogP contribution is 2.11. The van der Waals surface area contributed by atoms with E-state index < -0.39 is 10.8 Å². The summed E-state index contributed by atoms with van der Waals surface area (Å²) in [6.07, 6.45) is 2.49. The highest BCUT2D eigenvalue weighted by Gasteiger charge is 2.24. The SMILES string of the molecule is C[C@H](CNC(=O)N1CCO[C@H](Cc2ccccc2)C1)[S@](C)=O. The zero-order chi connectivity index (χ0) is 15.9. The number of nitrogens with one attached hydrogen (secondary N) is 1. The van der Waals surface area contributed by atoms with E-state index >= 15 is 0 Å². The molecule has 22 heavy (non-hydrogen) atoms. The molecule has 1 saturated heterocycles. The van der Waals surface area contributed by atoms with Gasteiger partial charge in [0.15, 0.2) is 0 Å². The fraction of sp³-hybridized carbons (Fsp3) is 0.562. The standard InChI is InChI=1S/C16H24N2O3S/c1-13(22(2)20)11-17-16(19)18-8-9-21-15(12-18)10-14-6-4-3-5-7-14/h3-7,13,15H,8-12H2,1-2H3,(H,17,19)/t13-,15-,22+/m1/s1. The number of amides is 2. The molecule has 1 N–H and O–H groups in total. The van der Waals surface area contributed by atoms with Crippen LogP contribution in [0.3, 0.4) is 0 Å². The lowest BCUT2D eigenvalue weighted by atomic mass is 10.1. The van der Waals surface area contributed by atoms with Gasteiger partial charge in [0, 0.05) is 48.4 Å². The highest BCUT2D eigenvalue weighted by molar-refractivity contribution is 7.84. The van der Waals surface area contributed by atoms with Crippen LogP contribution in [0.5, 0.6) is 0 Å². The molecule has 0 saturated carbocycles. The van der Waals surface area contributed by atoms with Gasteiger partial charge in [-0.25, -0.2) is 4.79 Å². The molecule has 0 aromatic heterocycles. The van der Waals surface area contributed by atoms with E-state index in [1.54, 1.807) is 11.2 Å². The zero-order valence-electron chi connectivity index (χ0n) is 13.2. The zero-order valence-corrected chi connectivity index (χ0v) is 14.0. The number of carbonyl (C=O) groups is 1. The average Bonchev–Trinajstić information content (AvgIpc) is 2.53. The number of morpholine rings is 1. The molecule has 0 aliphatic carbocycles. The van der Waals surface area contributed by atoms with Crippen molar-refractivity contribution in [3.05, 3.63) is 35.9 Å². The van der Waals surface area contributed by atoms with Crippen molar-refractivity contribution in [2.75, 3.05) is 32.5 Å². The molecule has 5 nitrogen and oxygen atoms in total. The first-order valence-corrected chi connectivity index (χ1v) is 9.19. The predicted octanol–water partition coefficient (Wildman–Crippen LogP) is 1.41. The molecule has 3 atom stereocenters. The predicted molar refractivity (Wildman–Crippen MR) is 88.4 cm³/mol. The van der Waals surface area contributed by atoms with Crippen molar-refractivity contribution in [1.82, 2.24) is 10.2 Å². The Morgan fingerprint density at radius 2 is 2.18 bits per heavy atom. The molecular formula is C16H24N2O3S. The van der Waals surface area contributed by atoms with Gasteiger partial charge in [0.25, 0.3) is 0 Å². The molecule has 1 heterocycles. The molecule has 0 radical (unpaired) electrons. The van der Waals surface area contributed by atoms with Crippen molar-refractivity contribution < 1.29 is 13.7 Å². The van der Waals surface area contributed by atoms with E-state index in [4.69, 9.17) is 4.74 Å². The lowest BCUT2D eigenvalue weighted by Crippen LogP contribution is -2.51. The van der Waals surface area contributed by atoms with Crippen molar-refractivity contribution in [2.24, 2.45) is 0 Å². The van der Waals surface area contributed by atoms with E-state index in [-0.39, 0.29) is 17.4 Å². The molecular weight excluding hydrogens is 300 g/mol. The molecule has 1 aliphatic heterocycles. The van der Waals surface area contributed by atoms with Crippen LogP contribution in [0.15, 0.2) is 30.3 Å². The molecule has 0 spiro atoms. The van der Waals surface area contributed by atoms with Crippen LogP contribution in [0.1, 0.15) is 12.5 Å². The second kappa shape index (κ2) is 8.29. The number of benzene rings is 1. The van der Waals surface area contributed by atoms with Crippen molar-refractivity contribution >= 4 is 16.8 Å². The Morgan fingerprint density at radius 1 is 1.45 bits per heavy atom. The van der Waals surface area contributed by atoms with Gasteiger partial charge < -0.3 is 15.0 Å². The third-order valence-electron chi connectivity index (χ3n) is 3.84. The molecule has 0 bridgehead atoms. The van der Waals surface area contributed by atoms with Crippen molar-refractivity contribution in [3.8, 4) is 0 Å². The molecule has 2 amide bonds. The van der Waals surface area contributed by atoms with E-state index in [9.17, 15) is 9.00 Å². The van der Waals surface area contributed by atoms with Gasteiger partial charge in [0.2, 0.25) is 0 Å². The maximum Gasteiger partial charge on any atom is 0.317 e. The summed E-state index contributed by atoms with van der Waals surface area (Å²) >= 11 is 0. The molecule has 122 valence electrons. The summed E-state index contributed by atoms with van der Waals surface area (Å²) in [4.78, 5) is 14.0. The van der Waals surface area contributed by atoms with E-state index in [0.29, 0.717) is 26.2 Å². The number of rotatable bonds is 5. The first kappa shape index (κ1) is 17.0. The third kappa shape index (κ3) is 5.10. The summed E-state index contributed by atoms with van der Waals surface area (Å²) in [7, 11) is -0.923. The van der Waals surface area contributed by atoms with Gasteiger partial charge in [0.1, 0.15) is 0 Å². The first-order chi connectivity index (χ1) is 10.6. The maximum atomic E-state index is 12.2. The summed E-state index contributed by atoms with van der Waals surface area (Å²) in [5.74, 6) is 0. The summed E-state index contributed by atoms with van der Waals surface area (Å²) in [6, 6.07) is 10.0. The lowest BCUT2D eigenvalue weighted by molar-refractivity contribution is -0.0132. The molecule has 0 unspecified atom stereocenters. The van der Waals surface area contributed by atoms with Crippen LogP contribution in [0, 0.1) is 0 Å². The fourth-order valence-electron chi connectivity index (χ4n) is 2.36. The normalized spacial score (nSPS) is 21.2. The van der Waals surface area contributed by atoms with Gasteiger partial charge in [-0.15, -0.1) is 0 Å². The van der Waals surface area contributed by atoms with Gasteiger partial charge in [-0.2, -0.15) is 0 Å². The smallest absolute Gasteiger partial charge is 0.317 e. The van der Waals surface area contributed by atoms with Crippen LogP contribution in [0.25, 0.3) is 0 Å². The third-order valence-corrected chi connectivity index (χ3v) is 5.14. The number of hydrogen-bond donors (Lipinski definition) is 1. The van der Waals surface area contributed by atoms with Crippen LogP contribution in [0.4, 0.5) is 4.79 Å². The molecule has 2 rings (SSSR count). The number of carbonyl (C=O) groups excluding carboxylic acids is 1. The van der Waals surface area contributed by atoms with Crippen molar-refractivity contribution in [2.45, 2.75) is 24.7 Å². The van der Waals surface area contributed by atoms with Gasteiger partial charge >= 0.3 is 6.03 Å². The number of hydrogen-bond acceptors (Lipinski definition) is 3. The van der Waals surface area contributed by atoms with Gasteiger partial charge in [-0.1, -0.05) is 30.3 Å². The minimum Gasteiger partial charge on any atom is -0.374 e. The monoisotopic (exact) mass is 324 g/mol. The fourth-order valence-corrected chi connectivity index (χ4v) is 2.68. The van der Waals surface area contributed by atoms with Gasteiger partial charge in [-0.05, 0) is 12.5 Å². The summed E-state index contributed by atoms with van der Waals surface area (Å²) < 4.78 is 17.1. The average molecular weight is 324 g/mol. The Hall–Kier alpha value is -1.40. The van der Waals surface area contributed by atoms with Gasteiger partial charge in [0.05, 0.1) is 12.7 Å².